The van der Waals surface area contributed by atoms with Gasteiger partial charge in [0.15, 0.2) is 0 Å². The van der Waals surface area contributed by atoms with Crippen molar-refractivity contribution in [3.05, 3.63) is 34.9 Å². The second kappa shape index (κ2) is 4.96. The molecule has 0 radical (unpaired) electrons. The topological polar surface area (TPSA) is 29.1 Å². The van der Waals surface area contributed by atoms with Crippen molar-refractivity contribution in [1.82, 2.24) is 5.32 Å². The summed E-state index contributed by atoms with van der Waals surface area (Å²) in [5, 5.41) is 2.89. The van der Waals surface area contributed by atoms with Crippen LogP contribution in [0.2, 0.25) is 0 Å². The van der Waals surface area contributed by atoms with E-state index in [0.717, 1.165) is 6.42 Å². The SMILES string of the molecule is CC(=O)NC(C)Cc1cc(C)cc(C)c1. The summed E-state index contributed by atoms with van der Waals surface area (Å²) in [6.45, 7) is 7.77. The van der Waals surface area contributed by atoms with E-state index < -0.39 is 0 Å². The molecule has 0 aliphatic rings. The maximum Gasteiger partial charge on any atom is 0.217 e. The Morgan fingerprint density at radius 2 is 1.80 bits per heavy atom. The van der Waals surface area contributed by atoms with Crippen molar-refractivity contribution in [3.8, 4) is 0 Å². The van der Waals surface area contributed by atoms with E-state index in [2.05, 4.69) is 37.4 Å². The first-order chi connectivity index (χ1) is 6.97. The van der Waals surface area contributed by atoms with Gasteiger partial charge in [-0.05, 0) is 32.8 Å². The van der Waals surface area contributed by atoms with E-state index in [-0.39, 0.29) is 11.9 Å². The van der Waals surface area contributed by atoms with Crippen LogP contribution in [0, 0.1) is 13.8 Å². The molecular formula is C13H19NO. The predicted octanol–water partition coefficient (Wildman–Crippen LogP) is 2.37. The second-order valence-corrected chi connectivity index (χ2v) is 4.30. The van der Waals surface area contributed by atoms with Crippen LogP contribution in [0.25, 0.3) is 0 Å². The van der Waals surface area contributed by atoms with Crippen molar-refractivity contribution >= 4 is 5.91 Å². The Morgan fingerprint density at radius 3 is 2.27 bits per heavy atom. The van der Waals surface area contributed by atoms with Crippen LogP contribution in [0.15, 0.2) is 18.2 Å². The minimum absolute atomic E-state index is 0.0341. The summed E-state index contributed by atoms with van der Waals surface area (Å²) in [6, 6.07) is 6.70. The van der Waals surface area contributed by atoms with Crippen LogP contribution in [-0.4, -0.2) is 11.9 Å². The van der Waals surface area contributed by atoms with E-state index in [1.54, 1.807) is 6.92 Å². The van der Waals surface area contributed by atoms with Gasteiger partial charge in [0.05, 0.1) is 0 Å². The lowest BCUT2D eigenvalue weighted by molar-refractivity contribution is -0.119. The molecule has 0 heterocycles. The van der Waals surface area contributed by atoms with Crippen LogP contribution in [-0.2, 0) is 11.2 Å². The predicted molar refractivity (Wildman–Crippen MR) is 62.9 cm³/mol. The number of rotatable bonds is 3. The zero-order chi connectivity index (χ0) is 11.4. The highest BCUT2D eigenvalue weighted by molar-refractivity contribution is 5.73. The van der Waals surface area contributed by atoms with E-state index in [0.29, 0.717) is 0 Å². The molecule has 0 saturated heterocycles. The first kappa shape index (κ1) is 11.8. The lowest BCUT2D eigenvalue weighted by Crippen LogP contribution is -2.32. The van der Waals surface area contributed by atoms with Crippen molar-refractivity contribution in [2.24, 2.45) is 0 Å². The molecule has 0 bridgehead atoms. The van der Waals surface area contributed by atoms with Gasteiger partial charge in [-0.1, -0.05) is 29.3 Å². The average Bonchev–Trinajstić information content (AvgIpc) is 1.98. The number of benzene rings is 1. The highest BCUT2D eigenvalue weighted by atomic mass is 16.1. The fourth-order valence-corrected chi connectivity index (χ4v) is 1.94. The van der Waals surface area contributed by atoms with Gasteiger partial charge in [0.25, 0.3) is 0 Å². The molecule has 0 fully saturated rings. The Labute approximate surface area is 91.7 Å². The number of nitrogens with one attached hydrogen (secondary N) is 1. The summed E-state index contributed by atoms with van der Waals surface area (Å²) in [6.07, 6.45) is 0.891. The van der Waals surface area contributed by atoms with Crippen LogP contribution >= 0.6 is 0 Å². The highest BCUT2D eigenvalue weighted by Gasteiger charge is 2.05. The lowest BCUT2D eigenvalue weighted by atomic mass is 10.0. The Bertz CT molecular complexity index is 337. The fourth-order valence-electron chi connectivity index (χ4n) is 1.94. The molecule has 0 aliphatic carbocycles. The van der Waals surface area contributed by atoms with Crippen LogP contribution in [0.1, 0.15) is 30.5 Å². The molecule has 1 amide bonds. The van der Waals surface area contributed by atoms with Crippen molar-refractivity contribution < 1.29 is 4.79 Å². The van der Waals surface area contributed by atoms with Gasteiger partial charge in [-0.25, -0.2) is 0 Å². The third kappa shape index (κ3) is 4.15. The largest absolute Gasteiger partial charge is 0.354 e. The van der Waals surface area contributed by atoms with Crippen molar-refractivity contribution in [3.63, 3.8) is 0 Å². The third-order valence-corrected chi connectivity index (χ3v) is 2.27. The first-order valence-electron chi connectivity index (χ1n) is 5.31. The molecule has 1 aromatic rings. The van der Waals surface area contributed by atoms with Crippen molar-refractivity contribution in [1.29, 1.82) is 0 Å². The number of hydrogen-bond donors (Lipinski definition) is 1. The van der Waals surface area contributed by atoms with Gasteiger partial charge in [0.2, 0.25) is 5.91 Å². The molecule has 82 valence electrons. The normalized spacial score (nSPS) is 12.3. The van der Waals surface area contributed by atoms with Gasteiger partial charge >= 0.3 is 0 Å². The third-order valence-electron chi connectivity index (χ3n) is 2.27. The summed E-state index contributed by atoms with van der Waals surface area (Å²) in [4.78, 5) is 10.9. The molecule has 0 aromatic heterocycles. The van der Waals surface area contributed by atoms with Gasteiger partial charge in [0.1, 0.15) is 0 Å². The summed E-state index contributed by atoms with van der Waals surface area (Å²) >= 11 is 0. The Morgan fingerprint density at radius 1 is 1.27 bits per heavy atom. The smallest absolute Gasteiger partial charge is 0.217 e. The Hall–Kier alpha value is -1.31. The lowest BCUT2D eigenvalue weighted by Gasteiger charge is -2.13. The van der Waals surface area contributed by atoms with Crippen LogP contribution in [0.5, 0.6) is 0 Å². The van der Waals surface area contributed by atoms with E-state index >= 15 is 0 Å². The van der Waals surface area contributed by atoms with Crippen LogP contribution < -0.4 is 5.32 Å². The molecule has 15 heavy (non-hydrogen) atoms. The standard InChI is InChI=1S/C13H19NO/c1-9-5-10(2)7-13(6-9)8-11(3)14-12(4)15/h5-7,11H,8H2,1-4H3,(H,14,15). The fraction of sp³-hybridized carbons (Fsp3) is 0.462. The summed E-state index contributed by atoms with van der Waals surface area (Å²) in [7, 11) is 0. The minimum Gasteiger partial charge on any atom is -0.354 e. The average molecular weight is 205 g/mol. The molecule has 2 heteroatoms. The summed E-state index contributed by atoms with van der Waals surface area (Å²) in [5.41, 5.74) is 3.84. The summed E-state index contributed by atoms with van der Waals surface area (Å²) < 4.78 is 0. The van der Waals surface area contributed by atoms with E-state index in [4.69, 9.17) is 0 Å². The number of carbonyl (C=O) groups excluding carboxylic acids is 1. The molecule has 1 aromatic carbocycles. The first-order valence-corrected chi connectivity index (χ1v) is 5.31. The molecule has 2 nitrogen and oxygen atoms in total. The molecule has 0 saturated carbocycles. The number of carbonyl (C=O) groups is 1. The molecule has 0 aliphatic heterocycles. The number of hydrogen-bond acceptors (Lipinski definition) is 1. The van der Waals surface area contributed by atoms with Gasteiger partial charge in [0, 0.05) is 13.0 Å². The summed E-state index contributed by atoms with van der Waals surface area (Å²) in [5.74, 6) is 0.0341. The zero-order valence-electron chi connectivity index (χ0n) is 9.92. The molecule has 1 rings (SSSR count). The Kier molecular flexibility index (Phi) is 3.89. The van der Waals surface area contributed by atoms with Gasteiger partial charge < -0.3 is 5.32 Å². The van der Waals surface area contributed by atoms with Crippen molar-refractivity contribution in [2.45, 2.75) is 40.2 Å². The molecular weight excluding hydrogens is 186 g/mol. The number of aryl methyl sites for hydroxylation is 2. The van der Waals surface area contributed by atoms with Crippen LogP contribution in [0.3, 0.4) is 0 Å². The molecule has 1 atom stereocenters. The van der Waals surface area contributed by atoms with Gasteiger partial charge in [-0.3, -0.25) is 4.79 Å². The maximum absolute atomic E-state index is 10.9. The van der Waals surface area contributed by atoms with Gasteiger partial charge in [-0.15, -0.1) is 0 Å². The zero-order valence-corrected chi connectivity index (χ0v) is 9.92. The second-order valence-electron chi connectivity index (χ2n) is 4.30. The van der Waals surface area contributed by atoms with E-state index in [9.17, 15) is 4.79 Å². The molecule has 1 unspecified atom stereocenters. The van der Waals surface area contributed by atoms with Gasteiger partial charge in [-0.2, -0.15) is 0 Å². The van der Waals surface area contributed by atoms with Crippen LogP contribution in [0.4, 0.5) is 0 Å². The highest BCUT2D eigenvalue weighted by Crippen LogP contribution is 2.10. The molecule has 1 N–H and O–H groups in total. The Balaban J connectivity index is 2.67. The maximum atomic E-state index is 10.9. The van der Waals surface area contributed by atoms with E-state index in [1.165, 1.54) is 16.7 Å². The van der Waals surface area contributed by atoms with Crippen molar-refractivity contribution in [2.75, 3.05) is 0 Å². The molecule has 0 spiro atoms. The minimum atomic E-state index is 0.0341. The van der Waals surface area contributed by atoms with E-state index in [1.807, 2.05) is 6.92 Å². The monoisotopic (exact) mass is 205 g/mol. The quantitative estimate of drug-likeness (QED) is 0.806. The number of amides is 1.